The minimum atomic E-state index is -0.882. The molecule has 2 N–H and O–H groups in total. The van der Waals surface area contributed by atoms with Crippen LogP contribution in [0.3, 0.4) is 0 Å². The Morgan fingerprint density at radius 2 is 2.00 bits per heavy atom. The Bertz CT molecular complexity index is 517. The van der Waals surface area contributed by atoms with Gasteiger partial charge in [-0.1, -0.05) is 39.3 Å². The van der Waals surface area contributed by atoms with Gasteiger partial charge in [0, 0.05) is 6.08 Å². The van der Waals surface area contributed by atoms with Crippen molar-refractivity contribution in [2.75, 3.05) is 0 Å². The predicted octanol–water partition coefficient (Wildman–Crippen LogP) is 4.57. The lowest BCUT2D eigenvalue weighted by Gasteiger charge is -2.59. The Hall–Kier alpha value is -1.09. The number of aliphatic hydroxyl groups excluding tert-OH is 1. The molecule has 0 aromatic heterocycles. The molecule has 23 heavy (non-hydrogen) atoms. The summed E-state index contributed by atoms with van der Waals surface area (Å²) in [6, 6.07) is 0. The number of hydrogen-bond donors (Lipinski definition) is 2. The summed E-state index contributed by atoms with van der Waals surface area (Å²) in [6.45, 7) is 13.1. The van der Waals surface area contributed by atoms with Gasteiger partial charge in [0.2, 0.25) is 0 Å². The SMILES string of the molecule is C=C1[C@H](O)C[C@H]2C(C)(C)CCC[C@]2(C)[C@H]1CC/C(C)=C/C(=O)O. The molecule has 2 rings (SSSR count). The molecule has 3 nitrogen and oxygen atoms in total. The van der Waals surface area contributed by atoms with Crippen LogP contribution in [0.1, 0.15) is 66.2 Å². The zero-order valence-corrected chi connectivity index (χ0v) is 15.1. The number of carboxylic acid groups (broad SMARTS) is 1. The Labute approximate surface area is 140 Å². The first-order valence-corrected chi connectivity index (χ1v) is 8.85. The fourth-order valence-electron chi connectivity index (χ4n) is 5.37. The third-order valence-corrected chi connectivity index (χ3v) is 6.60. The van der Waals surface area contributed by atoms with Crippen molar-refractivity contribution in [3.8, 4) is 0 Å². The monoisotopic (exact) mass is 320 g/mol. The van der Waals surface area contributed by atoms with E-state index >= 15 is 0 Å². The molecule has 2 aliphatic carbocycles. The number of carbonyl (C=O) groups is 1. The number of carboxylic acids is 1. The molecule has 0 spiro atoms. The van der Waals surface area contributed by atoms with Gasteiger partial charge in [-0.05, 0) is 67.3 Å². The molecular formula is C20H32O3. The summed E-state index contributed by atoms with van der Waals surface area (Å²) >= 11 is 0. The Morgan fingerprint density at radius 3 is 2.61 bits per heavy atom. The first-order valence-electron chi connectivity index (χ1n) is 8.85. The Balaban J connectivity index is 2.24. The number of rotatable bonds is 4. The molecule has 4 atom stereocenters. The lowest BCUT2D eigenvalue weighted by molar-refractivity contribution is -0.131. The van der Waals surface area contributed by atoms with Gasteiger partial charge < -0.3 is 10.2 Å². The summed E-state index contributed by atoms with van der Waals surface area (Å²) in [6.07, 6.45) is 6.97. The van der Waals surface area contributed by atoms with Crippen LogP contribution in [-0.4, -0.2) is 22.3 Å². The number of aliphatic hydroxyl groups is 1. The summed E-state index contributed by atoms with van der Waals surface area (Å²) < 4.78 is 0. The summed E-state index contributed by atoms with van der Waals surface area (Å²) in [5.74, 6) is -0.112. The third-order valence-electron chi connectivity index (χ3n) is 6.60. The molecule has 2 saturated carbocycles. The van der Waals surface area contributed by atoms with Crippen LogP contribution in [0, 0.1) is 22.7 Å². The van der Waals surface area contributed by atoms with Gasteiger partial charge in [0.05, 0.1) is 6.10 Å². The van der Waals surface area contributed by atoms with Gasteiger partial charge in [-0.2, -0.15) is 0 Å². The van der Waals surface area contributed by atoms with Gasteiger partial charge in [0.15, 0.2) is 0 Å². The average molecular weight is 320 g/mol. The van der Waals surface area contributed by atoms with E-state index in [1.165, 1.54) is 25.3 Å². The molecule has 2 fully saturated rings. The van der Waals surface area contributed by atoms with Crippen molar-refractivity contribution in [2.45, 2.75) is 72.3 Å². The zero-order chi connectivity index (χ0) is 17.4. The van der Waals surface area contributed by atoms with Crippen LogP contribution in [0.25, 0.3) is 0 Å². The average Bonchev–Trinajstić information content (AvgIpc) is 2.40. The smallest absolute Gasteiger partial charge is 0.328 e. The minimum absolute atomic E-state index is 0.168. The summed E-state index contributed by atoms with van der Waals surface area (Å²) in [5.41, 5.74) is 2.27. The normalized spacial score (nSPS) is 37.3. The van der Waals surface area contributed by atoms with E-state index in [1.54, 1.807) is 0 Å². The van der Waals surface area contributed by atoms with E-state index in [2.05, 4.69) is 27.4 Å². The molecular weight excluding hydrogens is 288 g/mol. The van der Waals surface area contributed by atoms with Crippen LogP contribution < -0.4 is 0 Å². The highest BCUT2D eigenvalue weighted by Crippen LogP contribution is 2.61. The fraction of sp³-hybridized carbons (Fsp3) is 0.750. The van der Waals surface area contributed by atoms with Gasteiger partial charge in [-0.15, -0.1) is 0 Å². The number of aliphatic carboxylic acids is 1. The number of fused-ring (bicyclic) bond motifs is 1. The van der Waals surface area contributed by atoms with Crippen molar-refractivity contribution in [2.24, 2.45) is 22.7 Å². The molecule has 0 saturated heterocycles. The van der Waals surface area contributed by atoms with Gasteiger partial charge in [0.25, 0.3) is 0 Å². The van der Waals surface area contributed by atoms with Crippen LogP contribution >= 0.6 is 0 Å². The van der Waals surface area contributed by atoms with E-state index in [0.29, 0.717) is 5.92 Å². The first-order chi connectivity index (χ1) is 10.6. The maximum Gasteiger partial charge on any atom is 0.328 e. The molecule has 2 aliphatic rings. The molecule has 0 radical (unpaired) electrons. The van der Waals surface area contributed by atoms with Crippen molar-refractivity contribution in [3.63, 3.8) is 0 Å². The standard InChI is InChI=1S/C20H32O3/c1-13(11-18(22)23)7-8-15-14(2)16(21)12-17-19(3,4)9-6-10-20(15,17)5/h11,15-17,21H,2,6-10,12H2,1,3-5H3,(H,22,23)/b13-11+/t15-,16+,17-,20+/m0/s1. The van der Waals surface area contributed by atoms with Crippen LogP contribution in [0.4, 0.5) is 0 Å². The van der Waals surface area contributed by atoms with Crippen molar-refractivity contribution in [1.29, 1.82) is 0 Å². The summed E-state index contributed by atoms with van der Waals surface area (Å²) in [5, 5.41) is 19.4. The van der Waals surface area contributed by atoms with Gasteiger partial charge in [0.1, 0.15) is 0 Å². The molecule has 0 aliphatic heterocycles. The number of allylic oxidation sites excluding steroid dienone is 1. The molecule has 0 bridgehead atoms. The molecule has 0 heterocycles. The summed E-state index contributed by atoms with van der Waals surface area (Å²) in [4.78, 5) is 10.8. The van der Waals surface area contributed by atoms with E-state index in [-0.39, 0.29) is 16.7 Å². The number of hydrogen-bond acceptors (Lipinski definition) is 2. The van der Waals surface area contributed by atoms with Crippen molar-refractivity contribution < 1.29 is 15.0 Å². The highest BCUT2D eigenvalue weighted by molar-refractivity contribution is 5.80. The van der Waals surface area contributed by atoms with Crippen molar-refractivity contribution in [1.82, 2.24) is 0 Å². The first kappa shape index (κ1) is 18.3. The molecule has 0 aromatic carbocycles. The van der Waals surface area contributed by atoms with Crippen LogP contribution in [-0.2, 0) is 4.79 Å². The summed E-state index contributed by atoms with van der Waals surface area (Å²) in [7, 11) is 0. The molecule has 130 valence electrons. The third kappa shape index (κ3) is 3.55. The fourth-order valence-corrected chi connectivity index (χ4v) is 5.37. The van der Waals surface area contributed by atoms with E-state index in [0.717, 1.165) is 30.4 Å². The highest BCUT2D eigenvalue weighted by atomic mass is 16.4. The largest absolute Gasteiger partial charge is 0.478 e. The van der Waals surface area contributed by atoms with E-state index in [1.807, 2.05) is 6.92 Å². The second-order valence-electron chi connectivity index (χ2n) is 8.65. The molecule has 3 heteroatoms. The Kier molecular flexibility index (Phi) is 5.10. The van der Waals surface area contributed by atoms with Crippen molar-refractivity contribution in [3.05, 3.63) is 23.8 Å². The quantitative estimate of drug-likeness (QED) is 0.589. The van der Waals surface area contributed by atoms with Crippen molar-refractivity contribution >= 4 is 5.97 Å². The predicted molar refractivity (Wildman–Crippen MR) is 93.1 cm³/mol. The molecule has 0 aromatic rings. The van der Waals surface area contributed by atoms with Crippen LogP contribution in [0.5, 0.6) is 0 Å². The van der Waals surface area contributed by atoms with E-state index < -0.39 is 12.1 Å². The second-order valence-corrected chi connectivity index (χ2v) is 8.65. The van der Waals surface area contributed by atoms with Gasteiger partial charge in [-0.3, -0.25) is 0 Å². The molecule has 0 unspecified atom stereocenters. The van der Waals surface area contributed by atoms with Gasteiger partial charge >= 0.3 is 5.97 Å². The lowest BCUT2D eigenvalue weighted by atomic mass is 9.46. The van der Waals surface area contributed by atoms with Crippen LogP contribution in [0.15, 0.2) is 23.8 Å². The molecule has 0 amide bonds. The van der Waals surface area contributed by atoms with E-state index in [9.17, 15) is 9.90 Å². The van der Waals surface area contributed by atoms with Crippen LogP contribution in [0.2, 0.25) is 0 Å². The topological polar surface area (TPSA) is 57.5 Å². The lowest BCUT2D eigenvalue weighted by Crippen LogP contribution is -2.52. The highest BCUT2D eigenvalue weighted by Gasteiger charge is 2.54. The second kappa shape index (κ2) is 6.43. The minimum Gasteiger partial charge on any atom is -0.478 e. The maximum atomic E-state index is 10.8. The van der Waals surface area contributed by atoms with Gasteiger partial charge in [-0.25, -0.2) is 4.79 Å². The maximum absolute atomic E-state index is 10.8. The van der Waals surface area contributed by atoms with E-state index in [4.69, 9.17) is 5.11 Å². The zero-order valence-electron chi connectivity index (χ0n) is 15.1. The Morgan fingerprint density at radius 1 is 1.35 bits per heavy atom.